The van der Waals surface area contributed by atoms with E-state index in [4.69, 9.17) is 0 Å². The minimum absolute atomic E-state index is 0.575. The van der Waals surface area contributed by atoms with Gasteiger partial charge < -0.3 is 10.3 Å². The fourth-order valence-corrected chi connectivity index (χ4v) is 2.28. The Morgan fingerprint density at radius 1 is 1.29 bits per heavy atom. The van der Waals surface area contributed by atoms with E-state index in [1.54, 1.807) is 0 Å². The zero-order chi connectivity index (χ0) is 9.54. The highest BCUT2D eigenvalue weighted by molar-refractivity contribution is 5.85. The van der Waals surface area contributed by atoms with Crippen molar-refractivity contribution in [3.05, 3.63) is 35.5 Å². The third kappa shape index (κ3) is 1.01. The van der Waals surface area contributed by atoms with Crippen molar-refractivity contribution in [2.24, 2.45) is 0 Å². The number of aromatic amines is 1. The van der Waals surface area contributed by atoms with E-state index in [2.05, 4.69) is 41.5 Å². The largest absolute Gasteiger partial charge is 0.358 e. The van der Waals surface area contributed by atoms with Crippen LogP contribution in [0.3, 0.4) is 0 Å². The fourth-order valence-electron chi connectivity index (χ4n) is 2.28. The highest BCUT2D eigenvalue weighted by Crippen LogP contribution is 2.32. The summed E-state index contributed by atoms with van der Waals surface area (Å²) < 4.78 is 0. The summed E-state index contributed by atoms with van der Waals surface area (Å²) in [5.41, 5.74) is 4.03. The molecule has 2 heterocycles. The molecule has 2 aromatic rings. The average molecular weight is 186 g/mol. The van der Waals surface area contributed by atoms with Crippen LogP contribution in [-0.2, 0) is 0 Å². The lowest BCUT2D eigenvalue weighted by Crippen LogP contribution is -2.35. The van der Waals surface area contributed by atoms with Crippen LogP contribution in [0.1, 0.15) is 23.7 Å². The van der Waals surface area contributed by atoms with E-state index in [0.717, 1.165) is 6.54 Å². The van der Waals surface area contributed by atoms with Crippen molar-refractivity contribution in [2.45, 2.75) is 19.4 Å². The summed E-state index contributed by atoms with van der Waals surface area (Å²) in [4.78, 5) is 3.44. The first kappa shape index (κ1) is 8.06. The summed E-state index contributed by atoms with van der Waals surface area (Å²) in [5, 5.41) is 4.84. The normalized spacial score (nSPS) is 21.1. The van der Waals surface area contributed by atoms with E-state index in [9.17, 15) is 0 Å². The Morgan fingerprint density at radius 3 is 2.79 bits per heavy atom. The monoisotopic (exact) mass is 186 g/mol. The first-order chi connectivity index (χ1) is 6.86. The third-order valence-corrected chi connectivity index (χ3v) is 3.12. The maximum Gasteiger partial charge on any atom is 0.0459 e. The van der Waals surface area contributed by atoms with Gasteiger partial charge in [0.15, 0.2) is 0 Å². The number of nitrogens with one attached hydrogen (secondary N) is 2. The van der Waals surface area contributed by atoms with Gasteiger partial charge in [-0.15, -0.1) is 0 Å². The quantitative estimate of drug-likeness (QED) is 0.703. The van der Waals surface area contributed by atoms with Crippen LogP contribution in [-0.4, -0.2) is 11.5 Å². The predicted octanol–water partition coefficient (Wildman–Crippen LogP) is 2.51. The lowest BCUT2D eigenvalue weighted by atomic mass is 9.95. The van der Waals surface area contributed by atoms with Gasteiger partial charge in [0.1, 0.15) is 0 Å². The van der Waals surface area contributed by atoms with E-state index >= 15 is 0 Å². The van der Waals surface area contributed by atoms with Crippen LogP contribution in [0.5, 0.6) is 0 Å². The maximum absolute atomic E-state index is 3.46. The van der Waals surface area contributed by atoms with Crippen molar-refractivity contribution in [1.29, 1.82) is 0 Å². The van der Waals surface area contributed by atoms with Gasteiger partial charge in [0.05, 0.1) is 0 Å². The van der Waals surface area contributed by atoms with Crippen LogP contribution >= 0.6 is 0 Å². The molecular formula is C12H14N2. The van der Waals surface area contributed by atoms with Crippen molar-refractivity contribution in [2.75, 3.05) is 6.54 Å². The molecule has 1 aliphatic rings. The lowest BCUT2D eigenvalue weighted by molar-refractivity contribution is 0.384. The number of aromatic nitrogens is 1. The molecule has 1 saturated heterocycles. The van der Waals surface area contributed by atoms with Crippen molar-refractivity contribution < 1.29 is 0 Å². The van der Waals surface area contributed by atoms with Crippen molar-refractivity contribution in [3.63, 3.8) is 0 Å². The Hall–Kier alpha value is -1.28. The number of aryl methyl sites for hydroxylation is 1. The van der Waals surface area contributed by atoms with Crippen molar-refractivity contribution in [1.82, 2.24) is 10.3 Å². The molecule has 0 amide bonds. The number of fused-ring (bicyclic) bond motifs is 1. The van der Waals surface area contributed by atoms with Crippen molar-refractivity contribution in [3.8, 4) is 0 Å². The minimum atomic E-state index is 0.575. The van der Waals surface area contributed by atoms with Gasteiger partial charge in [-0.25, -0.2) is 0 Å². The zero-order valence-electron chi connectivity index (χ0n) is 8.30. The van der Waals surface area contributed by atoms with Crippen LogP contribution in [0.25, 0.3) is 10.9 Å². The van der Waals surface area contributed by atoms with E-state index in [1.165, 1.54) is 28.6 Å². The molecule has 72 valence electrons. The second-order valence-electron chi connectivity index (χ2n) is 4.00. The Balaban J connectivity index is 2.24. The fraction of sp³-hybridized carbons (Fsp3) is 0.333. The van der Waals surface area contributed by atoms with Gasteiger partial charge in [-0.05, 0) is 31.5 Å². The molecule has 0 spiro atoms. The zero-order valence-corrected chi connectivity index (χ0v) is 8.30. The van der Waals surface area contributed by atoms with Crippen LogP contribution in [0.4, 0.5) is 0 Å². The molecule has 1 aliphatic heterocycles. The smallest absolute Gasteiger partial charge is 0.0459 e. The number of benzene rings is 1. The van der Waals surface area contributed by atoms with Gasteiger partial charge >= 0.3 is 0 Å². The minimum Gasteiger partial charge on any atom is -0.358 e. The molecule has 0 aliphatic carbocycles. The maximum atomic E-state index is 3.46. The van der Waals surface area contributed by atoms with E-state index in [1.807, 2.05) is 0 Å². The van der Waals surface area contributed by atoms with E-state index in [-0.39, 0.29) is 0 Å². The molecule has 0 unspecified atom stereocenters. The summed E-state index contributed by atoms with van der Waals surface area (Å²) in [5.74, 6) is 0. The van der Waals surface area contributed by atoms with Gasteiger partial charge in [0.2, 0.25) is 0 Å². The summed E-state index contributed by atoms with van der Waals surface area (Å²) >= 11 is 0. The summed E-state index contributed by atoms with van der Waals surface area (Å²) in [7, 11) is 0. The van der Waals surface area contributed by atoms with Crippen LogP contribution in [0, 0.1) is 6.92 Å². The highest BCUT2D eigenvalue weighted by atomic mass is 15.0. The molecule has 1 aromatic heterocycles. The Bertz CT molecular complexity index is 466. The molecule has 1 atom stereocenters. The second-order valence-corrected chi connectivity index (χ2v) is 4.00. The molecule has 2 heteroatoms. The molecule has 1 fully saturated rings. The van der Waals surface area contributed by atoms with Gasteiger partial charge in [-0.1, -0.05) is 18.2 Å². The molecule has 0 radical (unpaired) electrons. The number of hydrogen-bond donors (Lipinski definition) is 2. The van der Waals surface area contributed by atoms with Crippen LogP contribution < -0.4 is 5.32 Å². The van der Waals surface area contributed by atoms with Gasteiger partial charge in [-0.2, -0.15) is 0 Å². The molecular weight excluding hydrogens is 172 g/mol. The molecule has 2 N–H and O–H groups in total. The Morgan fingerprint density at radius 2 is 2.07 bits per heavy atom. The molecule has 0 saturated carbocycles. The lowest BCUT2D eigenvalue weighted by Gasteiger charge is -2.28. The molecule has 1 aromatic carbocycles. The Labute approximate surface area is 83.3 Å². The molecule has 3 rings (SSSR count). The molecule has 14 heavy (non-hydrogen) atoms. The summed E-state index contributed by atoms with van der Waals surface area (Å²) in [6, 6.07) is 9.11. The van der Waals surface area contributed by atoms with E-state index in [0.29, 0.717) is 6.04 Å². The second kappa shape index (κ2) is 2.85. The third-order valence-electron chi connectivity index (χ3n) is 3.12. The standard InChI is InChI=1S/C12H14N2/c1-8-12(11-6-7-13-11)9-4-2-3-5-10(9)14-8/h2-5,11,13-14H,6-7H2,1H3/t11-/m1/s1. The number of para-hydroxylation sites is 1. The first-order valence-corrected chi connectivity index (χ1v) is 5.17. The highest BCUT2D eigenvalue weighted by Gasteiger charge is 2.23. The van der Waals surface area contributed by atoms with Gasteiger partial charge in [0.25, 0.3) is 0 Å². The number of hydrogen-bond acceptors (Lipinski definition) is 1. The first-order valence-electron chi connectivity index (χ1n) is 5.17. The van der Waals surface area contributed by atoms with Crippen LogP contribution in [0.2, 0.25) is 0 Å². The topological polar surface area (TPSA) is 27.8 Å². The molecule has 0 bridgehead atoms. The number of rotatable bonds is 1. The van der Waals surface area contributed by atoms with Crippen LogP contribution in [0.15, 0.2) is 24.3 Å². The predicted molar refractivity (Wildman–Crippen MR) is 58.4 cm³/mol. The van der Waals surface area contributed by atoms with Gasteiger partial charge in [0, 0.05) is 22.6 Å². The Kier molecular flexibility index (Phi) is 1.64. The SMILES string of the molecule is Cc1[nH]c2ccccc2c1[C@H]1CCN1. The summed E-state index contributed by atoms with van der Waals surface area (Å²) in [6.45, 7) is 3.32. The van der Waals surface area contributed by atoms with Gasteiger partial charge in [-0.3, -0.25) is 0 Å². The average Bonchev–Trinajstić information content (AvgIpc) is 2.41. The summed E-state index contributed by atoms with van der Waals surface area (Å²) in [6.07, 6.45) is 1.27. The van der Waals surface area contributed by atoms with Crippen molar-refractivity contribution >= 4 is 10.9 Å². The van der Waals surface area contributed by atoms with E-state index < -0.39 is 0 Å². The number of H-pyrrole nitrogens is 1. The molecule has 2 nitrogen and oxygen atoms in total.